The van der Waals surface area contributed by atoms with Crippen LogP contribution in [0.5, 0.6) is 0 Å². The van der Waals surface area contributed by atoms with Gasteiger partial charge in [0.2, 0.25) is 5.91 Å². The summed E-state index contributed by atoms with van der Waals surface area (Å²) in [6.45, 7) is 7.43. The highest BCUT2D eigenvalue weighted by atomic mass is 16.5. The maximum atomic E-state index is 13.1. The molecule has 144 valence electrons. The first-order valence-corrected chi connectivity index (χ1v) is 9.88. The van der Waals surface area contributed by atoms with Crippen LogP contribution in [-0.4, -0.2) is 49.6 Å². The first kappa shape index (κ1) is 20.4. The van der Waals surface area contributed by atoms with Crippen molar-refractivity contribution in [2.45, 2.75) is 51.4 Å². The van der Waals surface area contributed by atoms with E-state index >= 15 is 0 Å². The van der Waals surface area contributed by atoms with E-state index in [0.29, 0.717) is 18.5 Å². The molecule has 2 rings (SSSR count). The van der Waals surface area contributed by atoms with Crippen LogP contribution in [0.15, 0.2) is 30.3 Å². The van der Waals surface area contributed by atoms with Gasteiger partial charge in [0.15, 0.2) is 5.41 Å². The molecule has 0 bridgehead atoms. The first-order valence-electron chi connectivity index (χ1n) is 9.88. The van der Waals surface area contributed by atoms with E-state index in [9.17, 15) is 9.59 Å². The fourth-order valence-corrected chi connectivity index (χ4v) is 3.67. The summed E-state index contributed by atoms with van der Waals surface area (Å²) in [6.07, 6.45) is 5.39. The van der Waals surface area contributed by atoms with E-state index in [1.54, 1.807) is 6.92 Å². The van der Waals surface area contributed by atoms with Gasteiger partial charge in [-0.2, -0.15) is 0 Å². The van der Waals surface area contributed by atoms with Gasteiger partial charge in [-0.15, -0.1) is 0 Å². The van der Waals surface area contributed by atoms with Crippen LogP contribution in [0.3, 0.4) is 0 Å². The van der Waals surface area contributed by atoms with Crippen molar-refractivity contribution in [3.63, 3.8) is 0 Å². The molecule has 0 radical (unpaired) electrons. The van der Waals surface area contributed by atoms with E-state index in [0.717, 1.165) is 19.6 Å². The maximum absolute atomic E-state index is 13.1. The predicted molar refractivity (Wildman–Crippen MR) is 103 cm³/mol. The van der Waals surface area contributed by atoms with Crippen molar-refractivity contribution in [2.75, 3.05) is 32.8 Å². The number of hydrogen-bond acceptors (Lipinski definition) is 4. The molecular formula is C21H32N2O3. The largest absolute Gasteiger partial charge is 0.465 e. The van der Waals surface area contributed by atoms with Crippen LogP contribution in [0.4, 0.5) is 0 Å². The van der Waals surface area contributed by atoms with E-state index in [4.69, 9.17) is 4.74 Å². The molecule has 0 aromatic heterocycles. The van der Waals surface area contributed by atoms with Crippen LogP contribution in [0, 0.1) is 0 Å². The number of likely N-dealkylation sites (tertiary alicyclic amines) is 1. The second-order valence-electron chi connectivity index (χ2n) is 6.86. The van der Waals surface area contributed by atoms with Gasteiger partial charge >= 0.3 is 5.97 Å². The Labute approximate surface area is 157 Å². The molecule has 1 amide bonds. The number of carbonyl (C=O) groups is 2. The molecule has 1 aliphatic heterocycles. The first-order chi connectivity index (χ1) is 12.6. The highest BCUT2D eigenvalue weighted by Gasteiger charge is 2.47. The normalized spacial score (nSPS) is 17.8. The number of rotatable bonds is 8. The van der Waals surface area contributed by atoms with Gasteiger partial charge in [0.1, 0.15) is 0 Å². The molecule has 1 fully saturated rings. The summed E-state index contributed by atoms with van der Waals surface area (Å²) in [5.74, 6) is -0.736. The Balaban J connectivity index is 2.08. The van der Waals surface area contributed by atoms with Crippen molar-refractivity contribution in [2.24, 2.45) is 0 Å². The topological polar surface area (TPSA) is 58.6 Å². The van der Waals surface area contributed by atoms with Crippen LogP contribution in [-0.2, 0) is 19.7 Å². The summed E-state index contributed by atoms with van der Waals surface area (Å²) in [5, 5.41) is 3.00. The molecule has 5 nitrogen and oxygen atoms in total. The Morgan fingerprint density at radius 1 is 1.08 bits per heavy atom. The lowest BCUT2D eigenvalue weighted by atomic mass is 9.77. The molecule has 5 heteroatoms. The zero-order valence-corrected chi connectivity index (χ0v) is 16.1. The Hall–Kier alpha value is -1.88. The molecule has 1 atom stereocenters. The summed E-state index contributed by atoms with van der Waals surface area (Å²) in [4.78, 5) is 28.2. The summed E-state index contributed by atoms with van der Waals surface area (Å²) < 4.78 is 5.28. The smallest absolute Gasteiger partial charge is 0.326 e. The molecule has 1 unspecified atom stereocenters. The van der Waals surface area contributed by atoms with E-state index in [2.05, 4.69) is 10.2 Å². The third-order valence-electron chi connectivity index (χ3n) is 5.22. The Bertz CT molecular complexity index is 568. The van der Waals surface area contributed by atoms with Gasteiger partial charge < -0.3 is 15.0 Å². The molecule has 1 saturated heterocycles. The second kappa shape index (κ2) is 10.3. The van der Waals surface area contributed by atoms with Gasteiger partial charge in [-0.1, -0.05) is 50.1 Å². The molecule has 0 saturated carbocycles. The van der Waals surface area contributed by atoms with Crippen LogP contribution >= 0.6 is 0 Å². The number of esters is 1. The summed E-state index contributed by atoms with van der Waals surface area (Å²) in [5.41, 5.74) is -0.594. The third kappa shape index (κ3) is 4.85. The van der Waals surface area contributed by atoms with Crippen LogP contribution in [0.2, 0.25) is 0 Å². The van der Waals surface area contributed by atoms with E-state index in [-0.39, 0.29) is 12.5 Å². The minimum absolute atomic E-state index is 0.258. The molecular weight excluding hydrogens is 328 g/mol. The van der Waals surface area contributed by atoms with Crippen molar-refractivity contribution in [3.8, 4) is 0 Å². The zero-order valence-electron chi connectivity index (χ0n) is 16.1. The molecule has 1 aliphatic rings. The number of nitrogens with one attached hydrogen (secondary N) is 1. The lowest BCUT2D eigenvalue weighted by Gasteiger charge is -2.30. The van der Waals surface area contributed by atoms with Gasteiger partial charge in [0.25, 0.3) is 0 Å². The van der Waals surface area contributed by atoms with Crippen LogP contribution in [0.1, 0.15) is 51.5 Å². The van der Waals surface area contributed by atoms with Gasteiger partial charge in [-0.05, 0) is 44.8 Å². The monoisotopic (exact) mass is 360 g/mol. The minimum atomic E-state index is -1.28. The molecule has 0 aliphatic carbocycles. The van der Waals surface area contributed by atoms with Crippen LogP contribution < -0.4 is 5.32 Å². The quantitative estimate of drug-likeness (QED) is 0.572. The highest BCUT2D eigenvalue weighted by molar-refractivity contribution is 6.08. The number of nitrogens with zero attached hydrogens (tertiary/aromatic N) is 1. The maximum Gasteiger partial charge on any atom is 0.326 e. The fourth-order valence-electron chi connectivity index (χ4n) is 3.67. The lowest BCUT2D eigenvalue weighted by Crippen LogP contribution is -2.52. The van der Waals surface area contributed by atoms with Gasteiger partial charge in [0.05, 0.1) is 6.61 Å². The summed E-state index contributed by atoms with van der Waals surface area (Å²) in [6, 6.07) is 9.24. The second-order valence-corrected chi connectivity index (χ2v) is 6.86. The van der Waals surface area contributed by atoms with Gasteiger partial charge in [-0.25, -0.2) is 0 Å². The van der Waals surface area contributed by atoms with E-state index in [1.165, 1.54) is 25.7 Å². The minimum Gasteiger partial charge on any atom is -0.465 e. The molecule has 1 heterocycles. The molecule has 1 aromatic carbocycles. The molecule has 1 aromatic rings. The van der Waals surface area contributed by atoms with Crippen molar-refractivity contribution in [1.82, 2.24) is 10.2 Å². The van der Waals surface area contributed by atoms with E-state index < -0.39 is 11.4 Å². The fraction of sp³-hybridized carbons (Fsp3) is 0.619. The molecule has 1 N–H and O–H groups in total. The summed E-state index contributed by atoms with van der Waals surface area (Å²) in [7, 11) is 0. The SMILES string of the molecule is CCOC(=O)C(CC)(C(=O)NCCN1CCCCCC1)c1ccccc1. The lowest BCUT2D eigenvalue weighted by molar-refractivity contribution is -0.155. The van der Waals surface area contributed by atoms with Crippen LogP contribution in [0.25, 0.3) is 0 Å². The highest BCUT2D eigenvalue weighted by Crippen LogP contribution is 2.30. The van der Waals surface area contributed by atoms with Crippen molar-refractivity contribution >= 4 is 11.9 Å². The van der Waals surface area contributed by atoms with Crippen molar-refractivity contribution < 1.29 is 14.3 Å². The number of hydrogen-bond donors (Lipinski definition) is 1. The van der Waals surface area contributed by atoms with E-state index in [1.807, 2.05) is 37.3 Å². The average Bonchev–Trinajstić information content (AvgIpc) is 2.93. The standard InChI is InChI=1S/C21H32N2O3/c1-3-21(20(25)26-4-2,18-12-8-7-9-13-18)19(24)22-14-17-23-15-10-5-6-11-16-23/h7-9,12-13H,3-6,10-11,14-17H2,1-2H3,(H,22,24). The van der Waals surface area contributed by atoms with Gasteiger partial charge in [0, 0.05) is 13.1 Å². The Morgan fingerprint density at radius 2 is 1.73 bits per heavy atom. The van der Waals surface area contributed by atoms with Crippen molar-refractivity contribution in [1.29, 1.82) is 0 Å². The predicted octanol–water partition coefficient (Wildman–Crippen LogP) is 2.89. The van der Waals surface area contributed by atoms with Gasteiger partial charge in [-0.3, -0.25) is 9.59 Å². The third-order valence-corrected chi connectivity index (χ3v) is 5.22. The zero-order chi connectivity index (χ0) is 18.8. The number of benzene rings is 1. The number of amides is 1. The Kier molecular flexibility index (Phi) is 8.10. The van der Waals surface area contributed by atoms with Crippen molar-refractivity contribution in [3.05, 3.63) is 35.9 Å². The number of ether oxygens (including phenoxy) is 1. The summed E-state index contributed by atoms with van der Waals surface area (Å²) >= 11 is 0. The average molecular weight is 360 g/mol. The molecule has 26 heavy (non-hydrogen) atoms. The Morgan fingerprint density at radius 3 is 2.31 bits per heavy atom. The molecule has 0 spiro atoms. The number of carbonyl (C=O) groups excluding carboxylic acids is 2.